The minimum atomic E-state index is -0.0150. The van der Waals surface area contributed by atoms with Crippen LogP contribution in [0.1, 0.15) is 28.8 Å². The van der Waals surface area contributed by atoms with Crippen molar-refractivity contribution in [2.45, 2.75) is 31.3 Å². The van der Waals surface area contributed by atoms with E-state index in [1.165, 1.54) is 5.56 Å². The Morgan fingerprint density at radius 3 is 2.85 bits per heavy atom. The molecule has 1 aromatic carbocycles. The van der Waals surface area contributed by atoms with Crippen LogP contribution in [0.4, 0.5) is 0 Å². The molecule has 3 aliphatic rings. The lowest BCUT2D eigenvalue weighted by Gasteiger charge is -2.51. The number of benzene rings is 1. The second-order valence-corrected chi connectivity index (χ2v) is 7.24. The van der Waals surface area contributed by atoms with E-state index in [-0.39, 0.29) is 11.9 Å². The van der Waals surface area contributed by atoms with Gasteiger partial charge in [0.1, 0.15) is 5.75 Å². The molecule has 4 heterocycles. The SMILES string of the molecule is COc1cccc(C(=O)NC2C3CCN(CC3)C2Cc2cccnc2)c1. The second kappa shape index (κ2) is 7.46. The van der Waals surface area contributed by atoms with Crippen LogP contribution in [0.3, 0.4) is 0 Å². The Balaban J connectivity index is 1.53. The summed E-state index contributed by atoms with van der Waals surface area (Å²) in [6, 6.07) is 12.0. The third-order valence-electron chi connectivity index (χ3n) is 5.76. The summed E-state index contributed by atoms with van der Waals surface area (Å²) in [5, 5.41) is 3.33. The van der Waals surface area contributed by atoms with Crippen LogP contribution in [-0.2, 0) is 6.42 Å². The van der Waals surface area contributed by atoms with Gasteiger partial charge in [-0.15, -0.1) is 0 Å². The Kier molecular flexibility index (Phi) is 4.89. The molecule has 5 nitrogen and oxygen atoms in total. The van der Waals surface area contributed by atoms with E-state index in [9.17, 15) is 4.79 Å². The molecule has 5 rings (SSSR count). The molecule has 2 unspecified atom stereocenters. The first kappa shape index (κ1) is 17.0. The maximum absolute atomic E-state index is 12.9. The number of piperidine rings is 3. The maximum atomic E-state index is 12.9. The molecule has 3 aliphatic heterocycles. The van der Waals surface area contributed by atoms with Crippen molar-refractivity contribution >= 4 is 5.91 Å². The van der Waals surface area contributed by atoms with Gasteiger partial charge < -0.3 is 10.1 Å². The van der Waals surface area contributed by atoms with Crippen molar-refractivity contribution in [2.24, 2.45) is 5.92 Å². The van der Waals surface area contributed by atoms with Crippen molar-refractivity contribution in [1.29, 1.82) is 0 Å². The fourth-order valence-corrected chi connectivity index (χ4v) is 4.38. The molecule has 0 aliphatic carbocycles. The van der Waals surface area contributed by atoms with Crippen LogP contribution < -0.4 is 10.1 Å². The number of ether oxygens (including phenoxy) is 1. The summed E-state index contributed by atoms with van der Waals surface area (Å²) < 4.78 is 5.25. The predicted octanol–water partition coefficient (Wildman–Crippen LogP) is 2.53. The predicted molar refractivity (Wildman–Crippen MR) is 100 cm³/mol. The smallest absolute Gasteiger partial charge is 0.251 e. The van der Waals surface area contributed by atoms with Gasteiger partial charge in [0.15, 0.2) is 0 Å². The van der Waals surface area contributed by atoms with Gasteiger partial charge in [0, 0.05) is 30.0 Å². The Labute approximate surface area is 154 Å². The summed E-state index contributed by atoms with van der Waals surface area (Å²) in [5.74, 6) is 1.24. The fourth-order valence-electron chi connectivity index (χ4n) is 4.38. The van der Waals surface area contributed by atoms with Gasteiger partial charge in [-0.2, -0.15) is 0 Å². The summed E-state index contributed by atoms with van der Waals surface area (Å²) in [5.41, 5.74) is 1.88. The number of methoxy groups -OCH3 is 1. The van der Waals surface area contributed by atoms with Gasteiger partial charge in [0.05, 0.1) is 7.11 Å². The van der Waals surface area contributed by atoms with Crippen LogP contribution in [0.15, 0.2) is 48.8 Å². The zero-order valence-corrected chi connectivity index (χ0v) is 15.1. The summed E-state index contributed by atoms with van der Waals surface area (Å²) in [4.78, 5) is 19.6. The third kappa shape index (κ3) is 3.44. The monoisotopic (exact) mass is 351 g/mol. The number of hydrogen-bond donors (Lipinski definition) is 1. The Morgan fingerprint density at radius 1 is 1.27 bits per heavy atom. The zero-order chi connectivity index (χ0) is 17.9. The third-order valence-corrected chi connectivity index (χ3v) is 5.76. The molecule has 2 bridgehead atoms. The number of rotatable bonds is 5. The number of nitrogens with zero attached hydrogens (tertiary/aromatic N) is 2. The molecule has 2 atom stereocenters. The molecule has 136 valence electrons. The van der Waals surface area contributed by atoms with Gasteiger partial charge in [0.25, 0.3) is 5.91 Å². The molecule has 3 fully saturated rings. The minimum Gasteiger partial charge on any atom is -0.497 e. The first-order chi connectivity index (χ1) is 12.7. The van der Waals surface area contributed by atoms with Crippen LogP contribution in [0.2, 0.25) is 0 Å². The Morgan fingerprint density at radius 2 is 2.12 bits per heavy atom. The lowest BCUT2D eigenvalue weighted by atomic mass is 9.76. The van der Waals surface area contributed by atoms with Crippen LogP contribution in [0.5, 0.6) is 5.75 Å². The summed E-state index contributed by atoms with van der Waals surface area (Å²) in [6.07, 6.45) is 6.98. The van der Waals surface area contributed by atoms with Gasteiger partial charge in [-0.3, -0.25) is 14.7 Å². The second-order valence-electron chi connectivity index (χ2n) is 7.24. The zero-order valence-electron chi connectivity index (χ0n) is 15.1. The van der Waals surface area contributed by atoms with Crippen molar-refractivity contribution in [2.75, 3.05) is 20.2 Å². The van der Waals surface area contributed by atoms with E-state index in [2.05, 4.69) is 21.3 Å². The van der Waals surface area contributed by atoms with Crippen molar-refractivity contribution in [3.8, 4) is 5.75 Å². The van der Waals surface area contributed by atoms with Crippen LogP contribution >= 0.6 is 0 Å². The number of pyridine rings is 1. The quantitative estimate of drug-likeness (QED) is 0.899. The molecular weight excluding hydrogens is 326 g/mol. The molecule has 1 N–H and O–H groups in total. The van der Waals surface area contributed by atoms with Crippen molar-refractivity contribution in [3.63, 3.8) is 0 Å². The van der Waals surface area contributed by atoms with E-state index in [0.717, 1.165) is 32.4 Å². The van der Waals surface area contributed by atoms with Gasteiger partial charge in [-0.05, 0) is 68.1 Å². The van der Waals surface area contributed by atoms with Crippen molar-refractivity contribution < 1.29 is 9.53 Å². The highest BCUT2D eigenvalue weighted by molar-refractivity contribution is 5.94. The van der Waals surface area contributed by atoms with Gasteiger partial charge in [0.2, 0.25) is 0 Å². The van der Waals surface area contributed by atoms with Gasteiger partial charge in [-0.1, -0.05) is 12.1 Å². The fraction of sp³-hybridized carbons (Fsp3) is 0.429. The average molecular weight is 351 g/mol. The number of aromatic nitrogens is 1. The lowest BCUT2D eigenvalue weighted by Crippen LogP contribution is -2.64. The number of nitrogens with one attached hydrogen (secondary N) is 1. The van der Waals surface area contributed by atoms with Crippen molar-refractivity contribution in [1.82, 2.24) is 15.2 Å². The normalized spacial score (nSPS) is 27.1. The first-order valence-electron chi connectivity index (χ1n) is 9.32. The molecule has 2 aromatic rings. The van der Waals surface area contributed by atoms with Crippen LogP contribution in [0.25, 0.3) is 0 Å². The number of fused-ring (bicyclic) bond motifs is 3. The molecule has 0 saturated carbocycles. The molecular formula is C21H25N3O2. The Hall–Kier alpha value is -2.40. The van der Waals surface area contributed by atoms with E-state index in [0.29, 0.717) is 23.3 Å². The number of carbonyl (C=O) groups excluding carboxylic acids is 1. The van der Waals surface area contributed by atoms with Crippen molar-refractivity contribution in [3.05, 3.63) is 59.9 Å². The number of amides is 1. The molecule has 0 radical (unpaired) electrons. The molecule has 1 amide bonds. The topological polar surface area (TPSA) is 54.5 Å². The van der Waals surface area contributed by atoms with Crippen LogP contribution in [-0.4, -0.2) is 48.1 Å². The van der Waals surface area contributed by atoms with Gasteiger partial charge in [-0.25, -0.2) is 0 Å². The first-order valence-corrected chi connectivity index (χ1v) is 9.32. The maximum Gasteiger partial charge on any atom is 0.251 e. The summed E-state index contributed by atoms with van der Waals surface area (Å²) >= 11 is 0. The number of carbonyl (C=O) groups is 1. The average Bonchev–Trinajstić information content (AvgIpc) is 2.71. The van der Waals surface area contributed by atoms with E-state index in [1.54, 1.807) is 19.4 Å². The summed E-state index contributed by atoms with van der Waals surface area (Å²) in [6.45, 7) is 2.25. The van der Waals surface area contributed by atoms with Crippen LogP contribution in [0, 0.1) is 5.92 Å². The van der Waals surface area contributed by atoms with E-state index < -0.39 is 0 Å². The largest absolute Gasteiger partial charge is 0.497 e. The molecule has 0 spiro atoms. The molecule has 5 heteroatoms. The molecule has 3 saturated heterocycles. The standard InChI is InChI=1S/C21H25N3O2/c1-26-18-6-2-5-17(13-18)21(25)23-20-16-7-10-24(11-8-16)19(20)12-15-4-3-9-22-14-15/h2-6,9,13-14,16,19-20H,7-8,10-12H2,1H3,(H,23,25). The highest BCUT2D eigenvalue weighted by Gasteiger charge is 2.42. The highest BCUT2D eigenvalue weighted by atomic mass is 16.5. The molecule has 1 aromatic heterocycles. The highest BCUT2D eigenvalue weighted by Crippen LogP contribution is 2.34. The number of hydrogen-bond acceptors (Lipinski definition) is 4. The molecule has 26 heavy (non-hydrogen) atoms. The Bertz CT molecular complexity index is 757. The van der Waals surface area contributed by atoms with Gasteiger partial charge >= 0.3 is 0 Å². The van der Waals surface area contributed by atoms with E-state index in [1.807, 2.05) is 30.5 Å². The summed E-state index contributed by atoms with van der Waals surface area (Å²) in [7, 11) is 1.62. The van der Waals surface area contributed by atoms with E-state index >= 15 is 0 Å². The lowest BCUT2D eigenvalue weighted by molar-refractivity contribution is 0.0136. The van der Waals surface area contributed by atoms with E-state index in [4.69, 9.17) is 4.74 Å². The minimum absolute atomic E-state index is 0.0150.